The van der Waals surface area contributed by atoms with Crippen LogP contribution < -0.4 is 5.32 Å². The minimum atomic E-state index is 0.0519. The van der Waals surface area contributed by atoms with Crippen molar-refractivity contribution < 1.29 is 9.90 Å². The molecule has 0 aliphatic rings. The molecule has 0 bridgehead atoms. The Balaban J connectivity index is 2.08. The van der Waals surface area contributed by atoms with Crippen molar-refractivity contribution >= 4 is 28.8 Å². The van der Waals surface area contributed by atoms with E-state index in [1.807, 2.05) is 12.1 Å². The molecular weight excluding hydrogens is 246 g/mol. The smallest absolute Gasteiger partial charge is 0.220 e. The fraction of sp³-hybridized carbons (Fsp3) is 0.545. The van der Waals surface area contributed by atoms with Gasteiger partial charge in [-0.1, -0.05) is 11.6 Å². The number of hydrogen-bond acceptors (Lipinski definition) is 3. The van der Waals surface area contributed by atoms with E-state index in [0.717, 1.165) is 17.2 Å². The topological polar surface area (TPSA) is 49.3 Å². The van der Waals surface area contributed by atoms with Gasteiger partial charge >= 0.3 is 0 Å². The largest absolute Gasteiger partial charge is 0.396 e. The Kier molecular flexibility index (Phi) is 6.45. The van der Waals surface area contributed by atoms with Gasteiger partial charge in [0, 0.05) is 24.4 Å². The molecule has 1 heterocycles. The maximum atomic E-state index is 11.3. The summed E-state index contributed by atoms with van der Waals surface area (Å²) in [4.78, 5) is 12.5. The van der Waals surface area contributed by atoms with Crippen LogP contribution in [0.2, 0.25) is 4.34 Å². The van der Waals surface area contributed by atoms with E-state index in [0.29, 0.717) is 19.4 Å². The predicted molar refractivity (Wildman–Crippen MR) is 67.0 cm³/mol. The normalized spacial score (nSPS) is 10.4. The molecule has 1 amide bonds. The zero-order valence-corrected chi connectivity index (χ0v) is 10.6. The minimum absolute atomic E-state index is 0.0519. The zero-order chi connectivity index (χ0) is 11.8. The van der Waals surface area contributed by atoms with Crippen molar-refractivity contribution in [3.05, 3.63) is 21.3 Å². The number of thiophene rings is 1. The second-order valence-corrected chi connectivity index (χ2v) is 5.29. The number of nitrogens with one attached hydrogen (secondary N) is 1. The molecule has 3 nitrogen and oxygen atoms in total. The van der Waals surface area contributed by atoms with Crippen molar-refractivity contribution in [1.82, 2.24) is 5.32 Å². The van der Waals surface area contributed by atoms with E-state index in [2.05, 4.69) is 5.32 Å². The molecule has 1 rings (SSSR count). The second kappa shape index (κ2) is 7.65. The van der Waals surface area contributed by atoms with Crippen LogP contribution in [0.4, 0.5) is 0 Å². The van der Waals surface area contributed by atoms with Gasteiger partial charge in [0.1, 0.15) is 0 Å². The van der Waals surface area contributed by atoms with Crippen LogP contribution in [-0.4, -0.2) is 24.2 Å². The number of carbonyl (C=O) groups excluding carboxylic acids is 1. The Morgan fingerprint density at radius 3 is 2.88 bits per heavy atom. The first-order chi connectivity index (χ1) is 7.72. The first-order valence-corrected chi connectivity index (χ1v) is 6.53. The summed E-state index contributed by atoms with van der Waals surface area (Å²) in [5.41, 5.74) is 0. The van der Waals surface area contributed by atoms with Crippen molar-refractivity contribution in [2.24, 2.45) is 0 Å². The van der Waals surface area contributed by atoms with Crippen LogP contribution in [0.1, 0.15) is 24.1 Å². The lowest BCUT2D eigenvalue weighted by Crippen LogP contribution is -2.25. The molecule has 0 aromatic carbocycles. The Hall–Kier alpha value is -0.580. The van der Waals surface area contributed by atoms with Crippen molar-refractivity contribution in [2.45, 2.75) is 25.7 Å². The van der Waals surface area contributed by atoms with Gasteiger partial charge in [-0.05, 0) is 31.4 Å². The zero-order valence-electron chi connectivity index (χ0n) is 9.04. The summed E-state index contributed by atoms with van der Waals surface area (Å²) in [6, 6.07) is 3.84. The molecule has 1 aromatic rings. The van der Waals surface area contributed by atoms with Gasteiger partial charge in [0.25, 0.3) is 0 Å². The van der Waals surface area contributed by atoms with Gasteiger partial charge in [-0.25, -0.2) is 0 Å². The quantitative estimate of drug-likeness (QED) is 0.740. The van der Waals surface area contributed by atoms with Crippen molar-refractivity contribution in [2.75, 3.05) is 13.2 Å². The van der Waals surface area contributed by atoms with E-state index in [9.17, 15) is 4.79 Å². The molecule has 90 valence electrons. The molecule has 0 radical (unpaired) electrons. The molecule has 0 saturated carbocycles. The van der Waals surface area contributed by atoms with Gasteiger partial charge in [0.05, 0.1) is 4.34 Å². The average Bonchev–Trinajstić information content (AvgIpc) is 2.65. The molecule has 0 atom stereocenters. The highest BCUT2D eigenvalue weighted by Gasteiger charge is 2.01. The minimum Gasteiger partial charge on any atom is -0.396 e. The van der Waals surface area contributed by atoms with Gasteiger partial charge in [0.2, 0.25) is 5.91 Å². The highest BCUT2D eigenvalue weighted by Crippen LogP contribution is 2.21. The maximum absolute atomic E-state index is 11.3. The lowest BCUT2D eigenvalue weighted by Gasteiger charge is -2.03. The predicted octanol–water partition coefficient (Wildman–Crippen LogP) is 2.22. The standard InChI is InChI=1S/C11H16ClNO2S/c12-10-5-4-9(16-10)6-7-13-11(15)3-1-2-8-14/h4-5,14H,1-3,6-8H2,(H,13,15). The summed E-state index contributed by atoms with van der Waals surface area (Å²) in [6.07, 6.45) is 2.75. The van der Waals surface area contributed by atoms with Gasteiger partial charge in [-0.2, -0.15) is 0 Å². The third-order valence-electron chi connectivity index (χ3n) is 2.13. The fourth-order valence-electron chi connectivity index (χ4n) is 1.30. The SMILES string of the molecule is O=C(CCCCO)NCCc1ccc(Cl)s1. The molecule has 1 aromatic heterocycles. The molecule has 16 heavy (non-hydrogen) atoms. The summed E-state index contributed by atoms with van der Waals surface area (Å²) in [6.45, 7) is 0.801. The Bertz CT molecular complexity index is 328. The number of hydrogen-bond donors (Lipinski definition) is 2. The van der Waals surface area contributed by atoms with E-state index in [-0.39, 0.29) is 12.5 Å². The van der Waals surface area contributed by atoms with Gasteiger partial charge in [0.15, 0.2) is 0 Å². The van der Waals surface area contributed by atoms with Crippen molar-refractivity contribution in [3.8, 4) is 0 Å². The van der Waals surface area contributed by atoms with Crippen LogP contribution in [-0.2, 0) is 11.2 Å². The van der Waals surface area contributed by atoms with Gasteiger partial charge in [-0.15, -0.1) is 11.3 Å². The van der Waals surface area contributed by atoms with Gasteiger partial charge in [-0.3, -0.25) is 4.79 Å². The van der Waals surface area contributed by atoms with Crippen LogP contribution in [0.25, 0.3) is 0 Å². The highest BCUT2D eigenvalue weighted by atomic mass is 35.5. The van der Waals surface area contributed by atoms with Crippen LogP contribution in [0.5, 0.6) is 0 Å². The number of unbranched alkanes of at least 4 members (excludes halogenated alkanes) is 1. The Morgan fingerprint density at radius 1 is 1.44 bits per heavy atom. The second-order valence-electron chi connectivity index (χ2n) is 3.49. The third kappa shape index (κ3) is 5.49. The van der Waals surface area contributed by atoms with Crippen LogP contribution in [0.15, 0.2) is 12.1 Å². The Labute approximate surface area is 104 Å². The number of halogens is 1. The summed E-state index contributed by atoms with van der Waals surface area (Å²) in [7, 11) is 0. The first kappa shape index (κ1) is 13.5. The molecule has 0 aliphatic heterocycles. The van der Waals surface area contributed by atoms with Crippen LogP contribution in [0.3, 0.4) is 0 Å². The summed E-state index contributed by atoms with van der Waals surface area (Å²) >= 11 is 7.34. The maximum Gasteiger partial charge on any atom is 0.220 e. The first-order valence-electron chi connectivity index (χ1n) is 5.34. The molecule has 0 fully saturated rings. The van der Waals surface area contributed by atoms with E-state index < -0.39 is 0 Å². The van der Waals surface area contributed by atoms with Crippen LogP contribution in [0, 0.1) is 0 Å². The van der Waals surface area contributed by atoms with Gasteiger partial charge < -0.3 is 10.4 Å². The monoisotopic (exact) mass is 261 g/mol. The number of carbonyl (C=O) groups is 1. The van der Waals surface area contributed by atoms with E-state index in [1.54, 1.807) is 11.3 Å². The number of aliphatic hydroxyl groups excluding tert-OH is 1. The van der Waals surface area contributed by atoms with E-state index in [1.165, 1.54) is 4.88 Å². The third-order valence-corrected chi connectivity index (χ3v) is 3.43. The number of amides is 1. The number of rotatable bonds is 7. The molecule has 0 aliphatic carbocycles. The average molecular weight is 262 g/mol. The fourth-order valence-corrected chi connectivity index (χ4v) is 2.38. The lowest BCUT2D eigenvalue weighted by molar-refractivity contribution is -0.121. The molecule has 2 N–H and O–H groups in total. The molecule has 0 spiro atoms. The molecule has 0 unspecified atom stereocenters. The summed E-state index contributed by atoms with van der Waals surface area (Å²) in [5.74, 6) is 0.0519. The van der Waals surface area contributed by atoms with Crippen LogP contribution >= 0.6 is 22.9 Å². The number of aliphatic hydroxyl groups is 1. The summed E-state index contributed by atoms with van der Waals surface area (Å²) < 4.78 is 0.782. The molecule has 5 heteroatoms. The molecule has 0 saturated heterocycles. The Morgan fingerprint density at radius 2 is 2.25 bits per heavy atom. The lowest BCUT2D eigenvalue weighted by atomic mass is 10.2. The van der Waals surface area contributed by atoms with E-state index in [4.69, 9.17) is 16.7 Å². The molecular formula is C11H16ClNO2S. The van der Waals surface area contributed by atoms with Crippen molar-refractivity contribution in [1.29, 1.82) is 0 Å². The highest BCUT2D eigenvalue weighted by molar-refractivity contribution is 7.16. The summed E-state index contributed by atoms with van der Waals surface area (Å²) in [5, 5.41) is 11.4. The van der Waals surface area contributed by atoms with E-state index >= 15 is 0 Å². The van der Waals surface area contributed by atoms with Crippen molar-refractivity contribution in [3.63, 3.8) is 0 Å².